The second kappa shape index (κ2) is 14.5. The normalized spacial score (nSPS) is 11.6. The van der Waals surface area contributed by atoms with Crippen LogP contribution in [0.15, 0.2) is 48.5 Å². The molecule has 148 valence electrons. The predicted octanol–water partition coefficient (Wildman–Crippen LogP) is 9.33. The molecule has 0 unspecified atom stereocenters. The molecule has 0 radical (unpaired) electrons. The Kier molecular flexibility index (Phi) is 11.7. The summed E-state index contributed by atoms with van der Waals surface area (Å²) in [4.78, 5) is 0. The van der Waals surface area contributed by atoms with Gasteiger partial charge in [0.25, 0.3) is 0 Å². The van der Waals surface area contributed by atoms with E-state index in [1.165, 1.54) is 106 Å². The van der Waals surface area contributed by atoms with Crippen molar-refractivity contribution < 1.29 is 0 Å². The Morgan fingerprint density at radius 1 is 0.593 bits per heavy atom. The van der Waals surface area contributed by atoms with Gasteiger partial charge in [0.2, 0.25) is 0 Å². The van der Waals surface area contributed by atoms with Crippen molar-refractivity contribution in [3.05, 3.63) is 54.1 Å². The molecule has 0 nitrogen and oxygen atoms in total. The van der Waals surface area contributed by atoms with Crippen molar-refractivity contribution in [3.8, 4) is 0 Å². The van der Waals surface area contributed by atoms with E-state index in [9.17, 15) is 0 Å². The lowest BCUT2D eigenvalue weighted by atomic mass is 10.0. The van der Waals surface area contributed by atoms with E-state index in [-0.39, 0.29) is 0 Å². The van der Waals surface area contributed by atoms with E-state index in [1.807, 2.05) is 0 Å². The molecule has 0 fully saturated rings. The van der Waals surface area contributed by atoms with E-state index in [4.69, 9.17) is 0 Å². The molecule has 0 spiro atoms. The number of fused-ring (bicyclic) bond motifs is 1. The summed E-state index contributed by atoms with van der Waals surface area (Å²) in [5, 5.41) is 2.70. The molecule has 0 atom stereocenters. The molecule has 2 aromatic carbocycles. The van der Waals surface area contributed by atoms with Crippen molar-refractivity contribution in [2.75, 3.05) is 0 Å². The molecule has 2 rings (SSSR count). The Morgan fingerprint density at radius 2 is 1.15 bits per heavy atom. The molecule has 0 heterocycles. The lowest BCUT2D eigenvalue weighted by molar-refractivity contribution is 0.540. The molecule has 0 saturated carbocycles. The van der Waals surface area contributed by atoms with Crippen LogP contribution in [0.5, 0.6) is 0 Å². The van der Waals surface area contributed by atoms with Crippen LogP contribution in [0.4, 0.5) is 0 Å². The van der Waals surface area contributed by atoms with Crippen LogP contribution in [0.1, 0.15) is 102 Å². The number of hydrogen-bond donors (Lipinski definition) is 0. The summed E-state index contributed by atoms with van der Waals surface area (Å²) in [6.07, 6.45) is 24.4. The zero-order valence-electron chi connectivity index (χ0n) is 17.6. The first-order valence-corrected chi connectivity index (χ1v) is 11.6. The number of unbranched alkanes of at least 4 members (excludes halogenated alkanes) is 13. The summed E-state index contributed by atoms with van der Waals surface area (Å²) in [5.41, 5.74) is 1.35. The maximum atomic E-state index is 2.36. The van der Waals surface area contributed by atoms with Crippen molar-refractivity contribution in [2.24, 2.45) is 0 Å². The van der Waals surface area contributed by atoms with E-state index in [2.05, 4.69) is 61.5 Å². The summed E-state index contributed by atoms with van der Waals surface area (Å²) in [6, 6.07) is 15.2. The minimum Gasteiger partial charge on any atom is -0.0839 e. The van der Waals surface area contributed by atoms with Crippen molar-refractivity contribution in [1.82, 2.24) is 0 Å². The highest BCUT2D eigenvalue weighted by molar-refractivity contribution is 5.90. The zero-order chi connectivity index (χ0) is 19.0. The van der Waals surface area contributed by atoms with Gasteiger partial charge in [-0.25, -0.2) is 0 Å². The average Bonchev–Trinajstić information content (AvgIpc) is 2.71. The highest BCUT2D eigenvalue weighted by atomic mass is 14.0. The second-order valence-electron chi connectivity index (χ2n) is 8.00. The van der Waals surface area contributed by atoms with Crippen LogP contribution in [-0.2, 0) is 0 Å². The lowest BCUT2D eigenvalue weighted by Gasteiger charge is -2.03. The van der Waals surface area contributed by atoms with Crippen molar-refractivity contribution in [3.63, 3.8) is 0 Å². The molecular formula is C27H40. The van der Waals surface area contributed by atoms with E-state index in [1.54, 1.807) is 0 Å². The highest BCUT2D eigenvalue weighted by Crippen LogP contribution is 2.20. The fourth-order valence-corrected chi connectivity index (χ4v) is 3.89. The Labute approximate surface area is 168 Å². The number of allylic oxidation sites excluding steroid dienone is 1. The van der Waals surface area contributed by atoms with Gasteiger partial charge in [0.05, 0.1) is 0 Å². The Bertz CT molecular complexity index is 632. The maximum absolute atomic E-state index is 2.36. The number of rotatable bonds is 15. The van der Waals surface area contributed by atoms with Crippen LogP contribution < -0.4 is 0 Å². The Balaban J connectivity index is 1.45. The van der Waals surface area contributed by atoms with E-state index in [0.29, 0.717) is 0 Å². The van der Waals surface area contributed by atoms with Crippen LogP contribution in [-0.4, -0.2) is 0 Å². The summed E-state index contributed by atoms with van der Waals surface area (Å²) >= 11 is 0. The van der Waals surface area contributed by atoms with Crippen LogP contribution in [0.2, 0.25) is 0 Å². The molecule has 0 amide bonds. The molecule has 0 aliphatic carbocycles. The van der Waals surface area contributed by atoms with Gasteiger partial charge in [-0.2, -0.15) is 0 Å². The third kappa shape index (κ3) is 9.27. The fraction of sp³-hybridized carbons (Fsp3) is 0.556. The Hall–Kier alpha value is -1.56. The first-order chi connectivity index (χ1) is 13.4. The third-order valence-electron chi connectivity index (χ3n) is 5.60. The standard InChI is InChI=1S/C27H40/c1-2-3-4-5-6-7-8-9-10-11-12-13-14-15-16-20-25-22-19-23-26-21-17-18-24-27(25)26/h16-24H,2-15H2,1H3/b20-16+. The molecule has 0 saturated heterocycles. The largest absolute Gasteiger partial charge is 0.0839 e. The quantitative estimate of drug-likeness (QED) is 0.276. The summed E-state index contributed by atoms with van der Waals surface area (Å²) < 4.78 is 0. The van der Waals surface area contributed by atoms with Gasteiger partial charge in [-0.3, -0.25) is 0 Å². The number of hydrogen-bond acceptors (Lipinski definition) is 0. The van der Waals surface area contributed by atoms with Gasteiger partial charge in [0.15, 0.2) is 0 Å². The summed E-state index contributed by atoms with van der Waals surface area (Å²) in [7, 11) is 0. The van der Waals surface area contributed by atoms with Crippen LogP contribution in [0, 0.1) is 0 Å². The van der Waals surface area contributed by atoms with Gasteiger partial charge in [0.1, 0.15) is 0 Å². The highest BCUT2D eigenvalue weighted by Gasteiger charge is 1.96. The topological polar surface area (TPSA) is 0 Å². The van der Waals surface area contributed by atoms with E-state index >= 15 is 0 Å². The molecule has 2 aromatic rings. The predicted molar refractivity (Wildman–Crippen MR) is 123 cm³/mol. The molecule has 0 aliphatic heterocycles. The molecule has 0 heteroatoms. The minimum absolute atomic E-state index is 1.21. The van der Waals surface area contributed by atoms with E-state index < -0.39 is 0 Å². The molecule has 0 N–H and O–H groups in total. The SMILES string of the molecule is CCCCCCCCCCCCCCC/C=C/c1cccc2ccccc12. The van der Waals surface area contributed by atoms with Crippen LogP contribution >= 0.6 is 0 Å². The average molecular weight is 365 g/mol. The van der Waals surface area contributed by atoms with Crippen LogP contribution in [0.25, 0.3) is 16.8 Å². The summed E-state index contributed by atoms with van der Waals surface area (Å²) in [6.45, 7) is 2.29. The first kappa shape index (κ1) is 21.7. The van der Waals surface area contributed by atoms with Gasteiger partial charge >= 0.3 is 0 Å². The van der Waals surface area contributed by atoms with Gasteiger partial charge < -0.3 is 0 Å². The number of benzene rings is 2. The second-order valence-corrected chi connectivity index (χ2v) is 8.00. The van der Waals surface area contributed by atoms with Gasteiger partial charge in [-0.1, -0.05) is 139 Å². The van der Waals surface area contributed by atoms with Crippen molar-refractivity contribution in [2.45, 2.75) is 96.8 Å². The fourth-order valence-electron chi connectivity index (χ4n) is 3.89. The molecule has 0 bridgehead atoms. The van der Waals surface area contributed by atoms with E-state index in [0.717, 1.165) is 0 Å². The smallest absolute Gasteiger partial charge is 0.0112 e. The zero-order valence-corrected chi connectivity index (χ0v) is 17.6. The molecule has 27 heavy (non-hydrogen) atoms. The molecular weight excluding hydrogens is 324 g/mol. The van der Waals surface area contributed by atoms with Gasteiger partial charge in [-0.05, 0) is 29.2 Å². The Morgan fingerprint density at radius 3 is 1.81 bits per heavy atom. The first-order valence-electron chi connectivity index (χ1n) is 11.6. The van der Waals surface area contributed by atoms with Crippen molar-refractivity contribution >= 4 is 16.8 Å². The molecule has 0 aliphatic rings. The lowest BCUT2D eigenvalue weighted by Crippen LogP contribution is -1.82. The third-order valence-corrected chi connectivity index (χ3v) is 5.60. The van der Waals surface area contributed by atoms with Gasteiger partial charge in [-0.15, -0.1) is 0 Å². The maximum Gasteiger partial charge on any atom is -0.0112 e. The molecule has 0 aromatic heterocycles. The summed E-state index contributed by atoms with van der Waals surface area (Å²) in [5.74, 6) is 0. The monoisotopic (exact) mass is 364 g/mol. The minimum atomic E-state index is 1.21. The van der Waals surface area contributed by atoms with Gasteiger partial charge in [0, 0.05) is 0 Å². The van der Waals surface area contributed by atoms with Crippen molar-refractivity contribution in [1.29, 1.82) is 0 Å². The van der Waals surface area contributed by atoms with Crippen LogP contribution in [0.3, 0.4) is 0 Å².